The lowest BCUT2D eigenvalue weighted by Crippen LogP contribution is -2.08. The molecule has 4 heteroatoms. The van der Waals surface area contributed by atoms with Crippen LogP contribution in [0.5, 0.6) is 0 Å². The minimum Gasteiger partial charge on any atom is -0.478 e. The molecule has 0 spiro atoms. The summed E-state index contributed by atoms with van der Waals surface area (Å²) in [6.45, 7) is 3.94. The molecule has 0 unspecified atom stereocenters. The van der Waals surface area contributed by atoms with Gasteiger partial charge in [-0.1, -0.05) is 0 Å². The summed E-state index contributed by atoms with van der Waals surface area (Å²) < 4.78 is 2.88. The smallest absolute Gasteiger partial charge is 0.337 e. The molecule has 0 aliphatic carbocycles. The molecule has 88 valence electrons. The number of nitrogens with zero attached hydrogens (tertiary/aromatic N) is 1. The van der Waals surface area contributed by atoms with Gasteiger partial charge in [0.2, 0.25) is 0 Å². The number of aromatic carboxylic acids is 1. The van der Waals surface area contributed by atoms with E-state index in [1.54, 1.807) is 6.07 Å². The number of carboxylic acid groups (broad SMARTS) is 1. The summed E-state index contributed by atoms with van der Waals surface area (Å²) in [5, 5.41) is 9.25. The summed E-state index contributed by atoms with van der Waals surface area (Å²) >= 11 is 2.12. The molecule has 0 bridgehead atoms. The highest BCUT2D eigenvalue weighted by Crippen LogP contribution is 2.22. The van der Waals surface area contributed by atoms with Crippen molar-refractivity contribution in [3.8, 4) is 5.69 Å². The Balaban J connectivity index is 2.71. The van der Waals surface area contributed by atoms with E-state index in [1.165, 1.54) is 0 Å². The lowest BCUT2D eigenvalue weighted by atomic mass is 10.1. The molecule has 3 nitrogen and oxygen atoms in total. The van der Waals surface area contributed by atoms with Gasteiger partial charge in [-0.3, -0.25) is 0 Å². The quantitative estimate of drug-likeness (QED) is 0.851. The van der Waals surface area contributed by atoms with Gasteiger partial charge in [-0.15, -0.1) is 0 Å². The summed E-state index contributed by atoms with van der Waals surface area (Å²) in [5.41, 5.74) is 3.12. The monoisotopic (exact) mass is 341 g/mol. The second-order valence-electron chi connectivity index (χ2n) is 3.92. The second kappa shape index (κ2) is 4.52. The molecule has 1 aromatic carbocycles. The third-order valence-corrected chi connectivity index (χ3v) is 3.37. The Hall–Kier alpha value is -1.30. The van der Waals surface area contributed by atoms with Gasteiger partial charge in [0.05, 0.1) is 11.3 Å². The van der Waals surface area contributed by atoms with Crippen LogP contribution >= 0.6 is 22.6 Å². The van der Waals surface area contributed by atoms with Crippen molar-refractivity contribution < 1.29 is 9.90 Å². The van der Waals surface area contributed by atoms with Crippen LogP contribution in [0.4, 0.5) is 0 Å². The first-order chi connectivity index (χ1) is 8.00. The molecular weight excluding hydrogens is 329 g/mol. The van der Waals surface area contributed by atoms with Crippen LogP contribution in [0.3, 0.4) is 0 Å². The standard InChI is InChI=1S/C13H12INO2/c1-8-3-4-9(2)15(8)12-6-5-10(14)7-11(12)13(16)17/h3-7H,1-2H3,(H,16,17). The zero-order valence-electron chi connectivity index (χ0n) is 9.57. The number of rotatable bonds is 2. The Labute approximate surface area is 113 Å². The Bertz CT molecular complexity index is 568. The van der Waals surface area contributed by atoms with Crippen molar-refractivity contribution in [2.45, 2.75) is 13.8 Å². The predicted molar refractivity (Wildman–Crippen MR) is 74.9 cm³/mol. The van der Waals surface area contributed by atoms with Crippen LogP contribution in [-0.4, -0.2) is 15.6 Å². The largest absolute Gasteiger partial charge is 0.478 e. The zero-order valence-corrected chi connectivity index (χ0v) is 11.7. The van der Waals surface area contributed by atoms with Crippen LogP contribution < -0.4 is 0 Å². The van der Waals surface area contributed by atoms with Crippen LogP contribution in [0.25, 0.3) is 5.69 Å². The van der Waals surface area contributed by atoms with Crippen LogP contribution in [0.15, 0.2) is 30.3 Å². The Morgan fingerprint density at radius 1 is 1.18 bits per heavy atom. The lowest BCUT2D eigenvalue weighted by Gasteiger charge is -2.12. The molecular formula is C13H12INO2. The Morgan fingerprint density at radius 2 is 1.76 bits per heavy atom. The number of halogens is 1. The minimum atomic E-state index is -0.897. The Morgan fingerprint density at radius 3 is 2.29 bits per heavy atom. The number of carboxylic acids is 1. The maximum Gasteiger partial charge on any atom is 0.337 e. The van der Waals surface area contributed by atoms with Gasteiger partial charge in [0, 0.05) is 15.0 Å². The van der Waals surface area contributed by atoms with Gasteiger partial charge < -0.3 is 9.67 Å². The van der Waals surface area contributed by atoms with E-state index < -0.39 is 5.97 Å². The molecule has 1 N–H and O–H groups in total. The van der Waals surface area contributed by atoms with Gasteiger partial charge in [-0.25, -0.2) is 4.79 Å². The third-order valence-electron chi connectivity index (χ3n) is 2.70. The third kappa shape index (κ3) is 2.22. The fourth-order valence-electron chi connectivity index (χ4n) is 1.92. The molecule has 0 atom stereocenters. The Kier molecular flexibility index (Phi) is 3.24. The fraction of sp³-hybridized carbons (Fsp3) is 0.154. The number of aryl methyl sites for hydroxylation is 2. The number of hydrogen-bond acceptors (Lipinski definition) is 1. The fourth-order valence-corrected chi connectivity index (χ4v) is 2.41. The average Bonchev–Trinajstić information content (AvgIpc) is 2.59. The molecule has 0 saturated heterocycles. The number of carbonyl (C=O) groups is 1. The van der Waals surface area contributed by atoms with Gasteiger partial charge in [-0.05, 0) is 66.8 Å². The molecule has 0 amide bonds. The van der Waals surface area contributed by atoms with Crippen molar-refractivity contribution in [2.75, 3.05) is 0 Å². The molecule has 17 heavy (non-hydrogen) atoms. The van der Waals surface area contributed by atoms with Crippen molar-refractivity contribution in [1.29, 1.82) is 0 Å². The van der Waals surface area contributed by atoms with E-state index in [-0.39, 0.29) is 0 Å². The maximum absolute atomic E-state index is 11.3. The average molecular weight is 341 g/mol. The lowest BCUT2D eigenvalue weighted by molar-refractivity contribution is 0.0697. The normalized spacial score (nSPS) is 10.5. The van der Waals surface area contributed by atoms with Crippen molar-refractivity contribution in [3.05, 3.63) is 50.9 Å². The molecule has 1 heterocycles. The molecule has 2 aromatic rings. The van der Waals surface area contributed by atoms with E-state index in [4.69, 9.17) is 0 Å². The summed E-state index contributed by atoms with van der Waals surface area (Å²) in [6.07, 6.45) is 0. The molecule has 1 aromatic heterocycles. The number of aromatic nitrogens is 1. The summed E-state index contributed by atoms with van der Waals surface area (Å²) in [4.78, 5) is 11.3. The molecule has 0 radical (unpaired) electrons. The molecule has 2 rings (SSSR count). The summed E-state index contributed by atoms with van der Waals surface area (Å²) in [7, 11) is 0. The highest BCUT2D eigenvalue weighted by molar-refractivity contribution is 14.1. The maximum atomic E-state index is 11.3. The van der Waals surface area contributed by atoms with Gasteiger partial charge >= 0.3 is 5.97 Å². The van der Waals surface area contributed by atoms with Crippen molar-refractivity contribution in [3.63, 3.8) is 0 Å². The van der Waals surface area contributed by atoms with Crippen molar-refractivity contribution >= 4 is 28.6 Å². The van der Waals surface area contributed by atoms with E-state index in [1.807, 2.05) is 42.7 Å². The summed E-state index contributed by atoms with van der Waals surface area (Å²) in [5.74, 6) is -0.897. The topological polar surface area (TPSA) is 42.2 Å². The number of benzene rings is 1. The van der Waals surface area contributed by atoms with Crippen molar-refractivity contribution in [1.82, 2.24) is 4.57 Å². The van der Waals surface area contributed by atoms with E-state index in [9.17, 15) is 9.90 Å². The van der Waals surface area contributed by atoms with Gasteiger partial charge in [0.25, 0.3) is 0 Å². The van der Waals surface area contributed by atoms with Gasteiger partial charge in [-0.2, -0.15) is 0 Å². The first-order valence-corrected chi connectivity index (χ1v) is 6.27. The number of hydrogen-bond donors (Lipinski definition) is 1. The van der Waals surface area contributed by atoms with Gasteiger partial charge in [0.15, 0.2) is 0 Å². The van der Waals surface area contributed by atoms with E-state index in [0.29, 0.717) is 5.56 Å². The van der Waals surface area contributed by atoms with Crippen LogP contribution in [0.2, 0.25) is 0 Å². The van der Waals surface area contributed by atoms with Gasteiger partial charge in [0.1, 0.15) is 0 Å². The van der Waals surface area contributed by atoms with Crippen LogP contribution in [-0.2, 0) is 0 Å². The van der Waals surface area contributed by atoms with E-state index in [0.717, 1.165) is 20.6 Å². The first kappa shape index (κ1) is 12.2. The van der Waals surface area contributed by atoms with E-state index in [2.05, 4.69) is 22.6 Å². The zero-order chi connectivity index (χ0) is 12.6. The molecule has 0 fully saturated rings. The van der Waals surface area contributed by atoms with Crippen LogP contribution in [0, 0.1) is 17.4 Å². The predicted octanol–water partition coefficient (Wildman–Crippen LogP) is 3.40. The highest BCUT2D eigenvalue weighted by Gasteiger charge is 2.14. The SMILES string of the molecule is Cc1ccc(C)n1-c1ccc(I)cc1C(=O)O. The molecule has 0 aliphatic heterocycles. The summed E-state index contributed by atoms with van der Waals surface area (Å²) in [6, 6.07) is 9.43. The first-order valence-electron chi connectivity index (χ1n) is 5.19. The van der Waals surface area contributed by atoms with Crippen LogP contribution in [0.1, 0.15) is 21.7 Å². The van der Waals surface area contributed by atoms with E-state index >= 15 is 0 Å². The molecule has 0 aliphatic rings. The van der Waals surface area contributed by atoms with Crippen molar-refractivity contribution in [2.24, 2.45) is 0 Å². The molecule has 0 saturated carbocycles. The second-order valence-corrected chi connectivity index (χ2v) is 5.16. The minimum absolute atomic E-state index is 0.333. The highest BCUT2D eigenvalue weighted by atomic mass is 127.